The lowest BCUT2D eigenvalue weighted by molar-refractivity contribution is 0.0697. The molecule has 0 fully saturated rings. The lowest BCUT2D eigenvalue weighted by atomic mass is 9.95. The van der Waals surface area contributed by atoms with Crippen LogP contribution >= 0.6 is 0 Å². The summed E-state index contributed by atoms with van der Waals surface area (Å²) in [6.07, 6.45) is 2.00. The lowest BCUT2D eigenvalue weighted by Crippen LogP contribution is -2.02. The Morgan fingerprint density at radius 3 is 2.70 bits per heavy atom. The van der Waals surface area contributed by atoms with Crippen molar-refractivity contribution in [2.45, 2.75) is 6.92 Å². The van der Waals surface area contributed by atoms with Gasteiger partial charge in [0, 0.05) is 24.1 Å². The van der Waals surface area contributed by atoms with Crippen molar-refractivity contribution in [2.75, 3.05) is 0 Å². The fourth-order valence-corrected chi connectivity index (χ4v) is 2.64. The Bertz CT molecular complexity index is 815. The number of aromatic carboxylic acids is 1. The smallest absolute Gasteiger partial charge is 0.336 e. The van der Waals surface area contributed by atoms with E-state index in [4.69, 9.17) is 0 Å². The molecule has 0 saturated heterocycles. The van der Waals surface area contributed by atoms with Gasteiger partial charge in [0.2, 0.25) is 0 Å². The highest BCUT2D eigenvalue weighted by atomic mass is 16.4. The number of hydrogen-bond donors (Lipinski definition) is 1. The monoisotopic (exact) mass is 265 g/mol. The minimum Gasteiger partial charge on any atom is -0.478 e. The van der Waals surface area contributed by atoms with Gasteiger partial charge in [0.15, 0.2) is 0 Å². The van der Waals surface area contributed by atoms with Crippen LogP contribution in [0.15, 0.2) is 48.7 Å². The van der Waals surface area contributed by atoms with Crippen molar-refractivity contribution in [1.29, 1.82) is 0 Å². The number of rotatable bonds is 2. The molecular formula is C17H15NO2. The molecule has 0 saturated carbocycles. The van der Waals surface area contributed by atoms with Crippen molar-refractivity contribution >= 4 is 16.9 Å². The van der Waals surface area contributed by atoms with E-state index in [1.165, 1.54) is 0 Å². The summed E-state index contributed by atoms with van der Waals surface area (Å²) in [5, 5.41) is 10.5. The molecule has 0 atom stereocenters. The predicted molar refractivity (Wildman–Crippen MR) is 80.1 cm³/mol. The fraction of sp³-hybridized carbons (Fsp3) is 0.118. The van der Waals surface area contributed by atoms with Gasteiger partial charge in [0.1, 0.15) is 0 Å². The number of aryl methyl sites for hydroxylation is 2. The highest BCUT2D eigenvalue weighted by Crippen LogP contribution is 2.29. The first-order chi connectivity index (χ1) is 9.58. The first-order valence-electron chi connectivity index (χ1n) is 6.46. The highest BCUT2D eigenvalue weighted by molar-refractivity contribution is 5.99. The van der Waals surface area contributed by atoms with Gasteiger partial charge in [-0.3, -0.25) is 0 Å². The third-order valence-corrected chi connectivity index (χ3v) is 3.68. The molecule has 1 aromatic heterocycles. The molecule has 20 heavy (non-hydrogen) atoms. The van der Waals surface area contributed by atoms with E-state index in [0.29, 0.717) is 5.56 Å². The Kier molecular flexibility index (Phi) is 2.83. The Labute approximate surface area is 117 Å². The van der Waals surface area contributed by atoms with E-state index in [9.17, 15) is 9.90 Å². The molecule has 3 aromatic rings. The van der Waals surface area contributed by atoms with Gasteiger partial charge in [-0.2, -0.15) is 0 Å². The molecule has 1 heterocycles. The number of hydrogen-bond acceptors (Lipinski definition) is 1. The molecule has 0 amide bonds. The zero-order chi connectivity index (χ0) is 14.3. The van der Waals surface area contributed by atoms with Crippen LogP contribution in [0, 0.1) is 6.92 Å². The van der Waals surface area contributed by atoms with E-state index in [2.05, 4.69) is 0 Å². The molecule has 0 aliphatic heterocycles. The average molecular weight is 265 g/mol. The maximum absolute atomic E-state index is 11.5. The van der Waals surface area contributed by atoms with Crippen molar-refractivity contribution in [1.82, 2.24) is 4.57 Å². The first-order valence-corrected chi connectivity index (χ1v) is 6.46. The molecule has 0 radical (unpaired) electrons. The molecule has 0 spiro atoms. The standard InChI is InChI=1S/C17H15NO2/c1-11-4-3-5-14(16(11)17(19)20)12-6-7-15-13(10-12)8-9-18(15)2/h3-10H,1-2H3,(H,19,20). The topological polar surface area (TPSA) is 42.2 Å². The summed E-state index contributed by atoms with van der Waals surface area (Å²) in [7, 11) is 2.00. The Hall–Kier alpha value is -2.55. The quantitative estimate of drug-likeness (QED) is 0.764. The molecule has 100 valence electrons. The second-order valence-corrected chi connectivity index (χ2v) is 5.00. The van der Waals surface area contributed by atoms with E-state index in [0.717, 1.165) is 27.6 Å². The Balaban J connectivity index is 2.25. The van der Waals surface area contributed by atoms with Crippen molar-refractivity contribution in [3.05, 3.63) is 59.8 Å². The van der Waals surface area contributed by atoms with Gasteiger partial charge >= 0.3 is 5.97 Å². The van der Waals surface area contributed by atoms with Crippen LogP contribution in [0.2, 0.25) is 0 Å². The van der Waals surface area contributed by atoms with Crippen molar-refractivity contribution < 1.29 is 9.90 Å². The summed E-state index contributed by atoms with van der Waals surface area (Å²) in [6.45, 7) is 1.83. The number of nitrogens with zero attached hydrogens (tertiary/aromatic N) is 1. The summed E-state index contributed by atoms with van der Waals surface area (Å²) >= 11 is 0. The molecule has 3 rings (SSSR count). The van der Waals surface area contributed by atoms with Gasteiger partial charge in [-0.1, -0.05) is 24.3 Å². The minimum absolute atomic E-state index is 0.378. The second kappa shape index (κ2) is 4.53. The van der Waals surface area contributed by atoms with Crippen LogP contribution in [0.3, 0.4) is 0 Å². The van der Waals surface area contributed by atoms with Crippen LogP contribution in [0.4, 0.5) is 0 Å². The van der Waals surface area contributed by atoms with Crippen LogP contribution in [-0.4, -0.2) is 15.6 Å². The minimum atomic E-state index is -0.883. The van der Waals surface area contributed by atoms with Crippen molar-refractivity contribution in [3.8, 4) is 11.1 Å². The van der Waals surface area contributed by atoms with E-state index in [1.807, 2.05) is 67.2 Å². The van der Waals surface area contributed by atoms with Crippen LogP contribution in [0.5, 0.6) is 0 Å². The van der Waals surface area contributed by atoms with Gasteiger partial charge in [0.05, 0.1) is 5.56 Å². The van der Waals surface area contributed by atoms with Crippen molar-refractivity contribution in [3.63, 3.8) is 0 Å². The number of carboxylic acid groups (broad SMARTS) is 1. The fourth-order valence-electron chi connectivity index (χ4n) is 2.64. The third-order valence-electron chi connectivity index (χ3n) is 3.68. The van der Waals surface area contributed by atoms with E-state index >= 15 is 0 Å². The van der Waals surface area contributed by atoms with Gasteiger partial charge < -0.3 is 9.67 Å². The summed E-state index contributed by atoms with van der Waals surface area (Å²) in [6, 6.07) is 13.7. The molecular weight excluding hydrogens is 250 g/mol. The summed E-state index contributed by atoms with van der Waals surface area (Å²) in [5.41, 5.74) is 4.00. The van der Waals surface area contributed by atoms with E-state index in [-0.39, 0.29) is 0 Å². The number of carboxylic acids is 1. The van der Waals surface area contributed by atoms with Gasteiger partial charge in [0.25, 0.3) is 0 Å². The molecule has 0 aliphatic carbocycles. The first kappa shape index (κ1) is 12.5. The second-order valence-electron chi connectivity index (χ2n) is 5.00. The van der Waals surface area contributed by atoms with Gasteiger partial charge in [-0.25, -0.2) is 4.79 Å². The van der Waals surface area contributed by atoms with E-state index < -0.39 is 5.97 Å². The largest absolute Gasteiger partial charge is 0.478 e. The predicted octanol–water partition coefficient (Wildman–Crippen LogP) is 3.85. The third kappa shape index (κ3) is 1.88. The SMILES string of the molecule is Cc1cccc(-c2ccc3c(ccn3C)c2)c1C(=O)O. The number of benzene rings is 2. The summed E-state index contributed by atoms with van der Waals surface area (Å²) in [5.74, 6) is -0.883. The normalized spacial score (nSPS) is 10.9. The lowest BCUT2D eigenvalue weighted by Gasteiger charge is -2.09. The molecule has 2 aromatic carbocycles. The maximum atomic E-state index is 11.5. The highest BCUT2D eigenvalue weighted by Gasteiger charge is 2.14. The zero-order valence-corrected chi connectivity index (χ0v) is 11.4. The number of carbonyl (C=O) groups is 1. The summed E-state index contributed by atoms with van der Waals surface area (Å²) in [4.78, 5) is 11.5. The Morgan fingerprint density at radius 1 is 1.15 bits per heavy atom. The molecule has 3 nitrogen and oxygen atoms in total. The average Bonchev–Trinajstić information content (AvgIpc) is 2.79. The molecule has 3 heteroatoms. The molecule has 1 N–H and O–H groups in total. The number of aromatic nitrogens is 1. The van der Waals surface area contributed by atoms with Gasteiger partial charge in [-0.05, 0) is 41.8 Å². The van der Waals surface area contributed by atoms with Crippen LogP contribution in [0.25, 0.3) is 22.0 Å². The van der Waals surface area contributed by atoms with Gasteiger partial charge in [-0.15, -0.1) is 0 Å². The molecule has 0 unspecified atom stereocenters. The molecule has 0 aliphatic rings. The van der Waals surface area contributed by atoms with Crippen LogP contribution in [0.1, 0.15) is 15.9 Å². The zero-order valence-electron chi connectivity index (χ0n) is 11.4. The van der Waals surface area contributed by atoms with Crippen LogP contribution in [-0.2, 0) is 7.05 Å². The number of fused-ring (bicyclic) bond motifs is 1. The Morgan fingerprint density at radius 2 is 1.95 bits per heavy atom. The maximum Gasteiger partial charge on any atom is 0.336 e. The molecule has 0 bridgehead atoms. The van der Waals surface area contributed by atoms with E-state index in [1.54, 1.807) is 0 Å². The summed E-state index contributed by atoms with van der Waals surface area (Å²) < 4.78 is 2.05. The van der Waals surface area contributed by atoms with Crippen LogP contribution < -0.4 is 0 Å². The van der Waals surface area contributed by atoms with Crippen molar-refractivity contribution in [2.24, 2.45) is 7.05 Å².